The fourth-order valence-electron chi connectivity index (χ4n) is 1.54. The molecule has 0 aliphatic heterocycles. The summed E-state index contributed by atoms with van der Waals surface area (Å²) in [6.45, 7) is 0.233. The summed E-state index contributed by atoms with van der Waals surface area (Å²) in [5.74, 6) is -0.419. The van der Waals surface area contributed by atoms with Gasteiger partial charge in [-0.1, -0.05) is 0 Å². The Morgan fingerprint density at radius 2 is 2.33 bits per heavy atom. The van der Waals surface area contributed by atoms with Gasteiger partial charge in [-0.05, 0) is 18.2 Å². The van der Waals surface area contributed by atoms with E-state index in [1.54, 1.807) is 17.0 Å². The second kappa shape index (κ2) is 4.87. The van der Waals surface area contributed by atoms with Gasteiger partial charge < -0.3 is 15.6 Å². The lowest BCUT2D eigenvalue weighted by molar-refractivity contribution is 0.0945. The van der Waals surface area contributed by atoms with Gasteiger partial charge in [-0.15, -0.1) is 0 Å². The van der Waals surface area contributed by atoms with Gasteiger partial charge >= 0.3 is 0 Å². The summed E-state index contributed by atoms with van der Waals surface area (Å²) in [4.78, 5) is 15.8. The smallest absolute Gasteiger partial charge is 0.254 e. The molecule has 2 rings (SSSR count). The molecule has 0 saturated carbocycles. The molecule has 1 amide bonds. The first-order valence-electron chi connectivity index (χ1n) is 5.37. The summed E-state index contributed by atoms with van der Waals surface area (Å²) in [7, 11) is 1.82. The van der Waals surface area contributed by atoms with E-state index in [4.69, 9.17) is 5.73 Å². The SMILES string of the molecule is Cn1ccnc1CNC(=O)c1cc(N)ccc1F. The number of aryl methyl sites for hydroxylation is 1. The minimum absolute atomic E-state index is 0.0655. The van der Waals surface area contributed by atoms with Crippen LogP contribution >= 0.6 is 0 Å². The van der Waals surface area contributed by atoms with Gasteiger partial charge in [0.05, 0.1) is 12.1 Å². The van der Waals surface area contributed by atoms with Crippen LogP contribution in [0, 0.1) is 5.82 Å². The Morgan fingerprint density at radius 3 is 3.00 bits per heavy atom. The second-order valence-electron chi connectivity index (χ2n) is 3.88. The summed E-state index contributed by atoms with van der Waals surface area (Å²) in [5, 5.41) is 2.59. The van der Waals surface area contributed by atoms with E-state index >= 15 is 0 Å². The Balaban J connectivity index is 2.08. The number of amides is 1. The van der Waals surface area contributed by atoms with Gasteiger partial charge in [0.1, 0.15) is 11.6 Å². The molecule has 0 spiro atoms. The molecule has 1 aromatic heterocycles. The number of anilines is 1. The van der Waals surface area contributed by atoms with E-state index in [-0.39, 0.29) is 12.1 Å². The Labute approximate surface area is 103 Å². The average molecular weight is 248 g/mol. The van der Waals surface area contributed by atoms with Crippen LogP contribution in [0.5, 0.6) is 0 Å². The van der Waals surface area contributed by atoms with Crippen LogP contribution < -0.4 is 11.1 Å². The van der Waals surface area contributed by atoms with Gasteiger partial charge in [0.25, 0.3) is 5.91 Å². The van der Waals surface area contributed by atoms with E-state index < -0.39 is 11.7 Å². The molecular formula is C12H13FN4O. The quantitative estimate of drug-likeness (QED) is 0.798. The maximum absolute atomic E-state index is 13.4. The molecule has 2 aromatic rings. The predicted octanol–water partition coefficient (Wildman–Crippen LogP) is 1.07. The Kier molecular flexibility index (Phi) is 3.27. The number of nitrogens with one attached hydrogen (secondary N) is 1. The van der Waals surface area contributed by atoms with Crippen LogP contribution in [-0.2, 0) is 13.6 Å². The van der Waals surface area contributed by atoms with Gasteiger partial charge in [0.2, 0.25) is 0 Å². The number of benzene rings is 1. The zero-order chi connectivity index (χ0) is 13.1. The molecule has 0 fully saturated rings. The number of hydrogen-bond acceptors (Lipinski definition) is 3. The van der Waals surface area contributed by atoms with Crippen LogP contribution in [0.3, 0.4) is 0 Å². The van der Waals surface area contributed by atoms with Crippen LogP contribution in [0.1, 0.15) is 16.2 Å². The van der Waals surface area contributed by atoms with Crippen molar-refractivity contribution in [3.05, 3.63) is 47.8 Å². The number of halogens is 1. The summed E-state index contributed by atoms with van der Waals surface area (Å²) >= 11 is 0. The van der Waals surface area contributed by atoms with Gasteiger partial charge in [-0.25, -0.2) is 9.37 Å². The second-order valence-corrected chi connectivity index (χ2v) is 3.88. The molecule has 0 unspecified atom stereocenters. The summed E-state index contributed by atoms with van der Waals surface area (Å²) in [6.07, 6.45) is 3.39. The number of nitrogens with zero attached hydrogens (tertiary/aromatic N) is 2. The van der Waals surface area contributed by atoms with Crippen molar-refractivity contribution in [3.8, 4) is 0 Å². The lowest BCUT2D eigenvalue weighted by Gasteiger charge is -2.06. The number of carbonyl (C=O) groups is 1. The van der Waals surface area contributed by atoms with Crippen LogP contribution in [0.15, 0.2) is 30.6 Å². The third-order valence-electron chi connectivity index (χ3n) is 2.56. The van der Waals surface area contributed by atoms with Crippen LogP contribution in [-0.4, -0.2) is 15.5 Å². The van der Waals surface area contributed by atoms with Gasteiger partial charge in [-0.3, -0.25) is 4.79 Å². The Bertz CT molecular complexity index is 579. The highest BCUT2D eigenvalue weighted by molar-refractivity contribution is 5.95. The molecule has 1 heterocycles. The number of rotatable bonds is 3. The summed E-state index contributed by atoms with van der Waals surface area (Å²) in [6, 6.07) is 3.89. The van der Waals surface area contributed by atoms with Crippen molar-refractivity contribution >= 4 is 11.6 Å². The molecule has 5 nitrogen and oxygen atoms in total. The van der Waals surface area contributed by atoms with E-state index in [0.717, 1.165) is 0 Å². The largest absolute Gasteiger partial charge is 0.399 e. The van der Waals surface area contributed by atoms with E-state index in [1.165, 1.54) is 18.2 Å². The maximum Gasteiger partial charge on any atom is 0.254 e. The zero-order valence-corrected chi connectivity index (χ0v) is 9.85. The molecule has 0 aliphatic rings. The Morgan fingerprint density at radius 1 is 1.56 bits per heavy atom. The average Bonchev–Trinajstić information content (AvgIpc) is 2.75. The molecule has 0 bridgehead atoms. The standard InChI is InChI=1S/C12H13FN4O/c1-17-5-4-15-11(17)7-16-12(18)9-6-8(14)2-3-10(9)13/h2-6H,7,14H2,1H3,(H,16,18). The molecule has 6 heteroatoms. The van der Waals surface area contributed by atoms with Gasteiger partial charge in [0.15, 0.2) is 0 Å². The third-order valence-corrected chi connectivity index (χ3v) is 2.56. The number of nitrogens with two attached hydrogens (primary N) is 1. The monoisotopic (exact) mass is 248 g/mol. The normalized spacial score (nSPS) is 10.3. The highest BCUT2D eigenvalue weighted by Crippen LogP contribution is 2.11. The van der Waals surface area contributed by atoms with Crippen molar-refractivity contribution < 1.29 is 9.18 Å². The molecule has 94 valence electrons. The van der Waals surface area contributed by atoms with Crippen molar-refractivity contribution in [1.82, 2.24) is 14.9 Å². The maximum atomic E-state index is 13.4. The summed E-state index contributed by atoms with van der Waals surface area (Å²) < 4.78 is 15.2. The zero-order valence-electron chi connectivity index (χ0n) is 9.85. The van der Waals surface area contributed by atoms with Gasteiger partial charge in [-0.2, -0.15) is 0 Å². The highest BCUT2D eigenvalue weighted by atomic mass is 19.1. The van der Waals surface area contributed by atoms with E-state index in [1.807, 2.05) is 7.05 Å². The van der Waals surface area contributed by atoms with E-state index in [2.05, 4.69) is 10.3 Å². The van der Waals surface area contributed by atoms with Crippen LogP contribution in [0.4, 0.5) is 10.1 Å². The number of hydrogen-bond donors (Lipinski definition) is 2. The summed E-state index contributed by atoms with van der Waals surface area (Å²) in [5.41, 5.74) is 5.80. The predicted molar refractivity (Wildman–Crippen MR) is 65.2 cm³/mol. The minimum atomic E-state index is -0.596. The molecule has 18 heavy (non-hydrogen) atoms. The number of nitrogen functional groups attached to an aromatic ring is 1. The first kappa shape index (κ1) is 12.1. The van der Waals surface area contributed by atoms with Crippen molar-refractivity contribution in [1.29, 1.82) is 0 Å². The molecular weight excluding hydrogens is 235 g/mol. The fourth-order valence-corrected chi connectivity index (χ4v) is 1.54. The fraction of sp³-hybridized carbons (Fsp3) is 0.167. The lowest BCUT2D eigenvalue weighted by Crippen LogP contribution is -2.25. The number of aromatic nitrogens is 2. The Hall–Kier alpha value is -2.37. The van der Waals surface area contributed by atoms with Crippen molar-refractivity contribution in [3.63, 3.8) is 0 Å². The molecule has 0 saturated heterocycles. The van der Waals surface area contributed by atoms with Crippen molar-refractivity contribution in [2.75, 3.05) is 5.73 Å². The van der Waals surface area contributed by atoms with Crippen LogP contribution in [0.25, 0.3) is 0 Å². The van der Waals surface area contributed by atoms with Crippen molar-refractivity contribution in [2.24, 2.45) is 7.05 Å². The van der Waals surface area contributed by atoms with E-state index in [9.17, 15) is 9.18 Å². The topological polar surface area (TPSA) is 72.9 Å². The van der Waals surface area contributed by atoms with E-state index in [0.29, 0.717) is 11.5 Å². The number of imidazole rings is 1. The third kappa shape index (κ3) is 2.48. The molecule has 0 radical (unpaired) electrons. The molecule has 0 atom stereocenters. The van der Waals surface area contributed by atoms with Crippen molar-refractivity contribution in [2.45, 2.75) is 6.54 Å². The molecule has 3 N–H and O–H groups in total. The van der Waals surface area contributed by atoms with Gasteiger partial charge in [0, 0.05) is 25.1 Å². The van der Waals surface area contributed by atoms with Crippen LogP contribution in [0.2, 0.25) is 0 Å². The highest BCUT2D eigenvalue weighted by Gasteiger charge is 2.12. The molecule has 1 aromatic carbocycles. The molecule has 0 aliphatic carbocycles. The number of carbonyl (C=O) groups excluding carboxylic acids is 1. The lowest BCUT2D eigenvalue weighted by atomic mass is 10.2. The first-order valence-corrected chi connectivity index (χ1v) is 5.37. The first-order chi connectivity index (χ1) is 8.58. The minimum Gasteiger partial charge on any atom is -0.399 e.